The third-order valence-electron chi connectivity index (χ3n) is 3.32. The molecule has 23 heteroatoms. The summed E-state index contributed by atoms with van der Waals surface area (Å²) in [7, 11) is -3.99. The highest BCUT2D eigenvalue weighted by molar-refractivity contribution is 7.85. The van der Waals surface area contributed by atoms with Crippen LogP contribution in [0, 0.1) is 0 Å². The Balaban J connectivity index is 5.32. The molecule has 0 aliphatic carbocycles. The lowest BCUT2D eigenvalue weighted by Gasteiger charge is -2.36. The number of aliphatic hydroxyl groups is 1. The largest absolute Gasteiger partial charge is 0.460 e. The fraction of sp³-hybridized carbons (Fsp3) is 1.00. The molecule has 0 saturated heterocycles. The van der Waals surface area contributed by atoms with E-state index >= 15 is 0 Å². The van der Waals surface area contributed by atoms with Crippen LogP contribution in [0.1, 0.15) is 6.42 Å². The van der Waals surface area contributed by atoms with E-state index in [0.29, 0.717) is 6.26 Å². The Morgan fingerprint density at radius 2 is 1.17 bits per heavy atom. The van der Waals surface area contributed by atoms with E-state index in [9.17, 15) is 79.4 Å². The molecule has 0 spiro atoms. The predicted octanol–water partition coefficient (Wildman–Crippen LogP) is 3.97. The minimum absolute atomic E-state index is 0.576. The van der Waals surface area contributed by atoms with E-state index in [1.165, 1.54) is 4.74 Å². The molecule has 0 aromatic rings. The van der Waals surface area contributed by atoms with Crippen LogP contribution in [-0.4, -0.2) is 88.2 Å². The Bertz CT molecular complexity index is 828. The van der Waals surface area contributed by atoms with Gasteiger partial charge in [0.1, 0.15) is 6.61 Å². The van der Waals surface area contributed by atoms with Crippen molar-refractivity contribution in [1.82, 2.24) is 0 Å². The van der Waals surface area contributed by atoms with Gasteiger partial charge in [0.2, 0.25) is 0 Å². The smallest absolute Gasteiger partial charge is 0.391 e. The number of rotatable bonds is 15. The molecule has 0 bridgehead atoms. The van der Waals surface area contributed by atoms with Gasteiger partial charge in [-0.2, -0.15) is 74.3 Å². The summed E-state index contributed by atoms with van der Waals surface area (Å²) < 4.78 is 225. The lowest BCUT2D eigenvalue weighted by atomic mass is 10.1. The first kappa shape index (κ1) is 34.7. The van der Waals surface area contributed by atoms with Crippen molar-refractivity contribution in [1.29, 1.82) is 0 Å². The predicted molar refractivity (Wildman–Crippen MR) is 80.1 cm³/mol. The van der Waals surface area contributed by atoms with Crippen LogP contribution >= 0.6 is 0 Å². The zero-order valence-corrected chi connectivity index (χ0v) is 17.7. The van der Waals surface area contributed by atoms with Gasteiger partial charge in [-0.15, -0.1) is 0 Å². The zero-order valence-electron chi connectivity index (χ0n) is 16.9. The topological polar surface area (TPSA) is 91.3 Å². The number of aliphatic hydroxyl groups excluding tert-OH is 1. The molecule has 0 aliphatic rings. The highest BCUT2D eigenvalue weighted by atomic mass is 32.2. The second kappa shape index (κ2) is 10.8. The maximum Gasteiger partial charge on any atom is 0.460 e. The van der Waals surface area contributed by atoms with Crippen molar-refractivity contribution in [3.63, 3.8) is 0 Å². The van der Waals surface area contributed by atoms with Gasteiger partial charge in [-0.05, 0) is 0 Å². The molecule has 0 aromatic carbocycles. The molecule has 0 aromatic heterocycles. The number of ether oxygens (including phenoxy) is 3. The Hall–Kier alpha value is -1.30. The Labute approximate surface area is 190 Å². The summed E-state index contributed by atoms with van der Waals surface area (Å²) in [6.45, 7) is -4.51. The maximum atomic E-state index is 13.3. The molecule has 36 heavy (non-hydrogen) atoms. The van der Waals surface area contributed by atoms with Gasteiger partial charge in [-0.3, -0.25) is 4.18 Å². The van der Waals surface area contributed by atoms with Gasteiger partial charge < -0.3 is 9.84 Å². The van der Waals surface area contributed by atoms with E-state index in [1.54, 1.807) is 0 Å². The Morgan fingerprint density at radius 1 is 0.722 bits per heavy atom. The molecule has 218 valence electrons. The third-order valence-corrected chi connectivity index (χ3v) is 3.91. The molecule has 7 nitrogen and oxygen atoms in total. The summed E-state index contributed by atoms with van der Waals surface area (Å²) in [6, 6.07) is 0. The van der Waals surface area contributed by atoms with Crippen molar-refractivity contribution in [2.45, 2.75) is 55.0 Å². The minimum Gasteiger partial charge on any atom is -0.391 e. The zero-order chi connectivity index (χ0) is 29.2. The van der Waals surface area contributed by atoms with E-state index < -0.39 is 84.9 Å². The van der Waals surface area contributed by atoms with Gasteiger partial charge in [0.05, 0.1) is 25.6 Å². The van der Waals surface area contributed by atoms with Gasteiger partial charge in [-0.1, -0.05) is 0 Å². The number of hydrogen-bond donors (Lipinski definition) is 1. The van der Waals surface area contributed by atoms with Crippen molar-refractivity contribution >= 4 is 10.1 Å². The van der Waals surface area contributed by atoms with Crippen LogP contribution in [0.15, 0.2) is 0 Å². The molecule has 0 rings (SSSR count). The molecule has 1 N–H and O–H groups in total. The molecule has 0 unspecified atom stereocenters. The molecule has 0 saturated carbocycles. The second-order valence-electron chi connectivity index (χ2n) is 6.52. The lowest BCUT2D eigenvalue weighted by molar-refractivity contribution is -0.543. The fourth-order valence-corrected chi connectivity index (χ4v) is 2.05. The van der Waals surface area contributed by atoms with Crippen molar-refractivity contribution < 1.29 is 97.8 Å². The fourth-order valence-electron chi connectivity index (χ4n) is 1.65. The maximum absolute atomic E-state index is 13.3. The van der Waals surface area contributed by atoms with Crippen LogP contribution in [0.3, 0.4) is 0 Å². The first-order valence-corrected chi connectivity index (χ1v) is 10.2. The Kier molecular flexibility index (Phi) is 10.4. The van der Waals surface area contributed by atoms with Crippen LogP contribution in [-0.2, 0) is 28.5 Å². The van der Waals surface area contributed by atoms with Gasteiger partial charge in [0.25, 0.3) is 10.1 Å². The minimum atomic E-state index is -7.96. The average Bonchev–Trinajstić information content (AvgIpc) is 2.56. The number of halogens is 15. The summed E-state index contributed by atoms with van der Waals surface area (Å²) in [6.07, 6.45) is -37.3. The van der Waals surface area contributed by atoms with Crippen molar-refractivity contribution in [3.8, 4) is 0 Å². The quantitative estimate of drug-likeness (QED) is 0.226. The standard InChI is InChI=1S/C13H13F15O7S/c1-36(30,31)33-3-2-6(29)4-32-5-7(14,15)34-12(25,26)13(27,28)35-11(23,24)9(18,19)8(16,17)10(20,21)22/h6,29H,2-5H2,1H3/t6-/m1/s1. The lowest BCUT2D eigenvalue weighted by Crippen LogP contribution is -2.64. The normalized spacial score (nSPS) is 16.4. The van der Waals surface area contributed by atoms with Crippen molar-refractivity contribution in [3.05, 3.63) is 0 Å². The third kappa shape index (κ3) is 8.92. The second-order valence-corrected chi connectivity index (χ2v) is 8.17. The first-order chi connectivity index (χ1) is 15.5. The molecule has 0 fully saturated rings. The van der Waals surface area contributed by atoms with E-state index in [1.807, 2.05) is 0 Å². The molecular weight excluding hydrogens is 585 g/mol. The van der Waals surface area contributed by atoms with E-state index in [0.717, 1.165) is 0 Å². The van der Waals surface area contributed by atoms with E-state index in [2.05, 4.69) is 13.7 Å². The van der Waals surface area contributed by atoms with Crippen LogP contribution in [0.5, 0.6) is 0 Å². The molecule has 0 amide bonds. The van der Waals surface area contributed by atoms with Crippen LogP contribution in [0.2, 0.25) is 0 Å². The summed E-state index contributed by atoms with van der Waals surface area (Å²) in [5, 5.41) is 9.26. The SMILES string of the molecule is CS(=O)(=O)OCC[C@@H](O)COCC(F)(F)OC(F)(F)C(F)(F)OC(F)(F)C(F)(F)C(F)(F)C(F)(F)F. The van der Waals surface area contributed by atoms with E-state index in [-0.39, 0.29) is 0 Å². The van der Waals surface area contributed by atoms with Gasteiger partial charge in [0, 0.05) is 6.42 Å². The molecule has 0 aliphatic heterocycles. The molecule has 0 heterocycles. The average molecular weight is 598 g/mol. The monoisotopic (exact) mass is 598 g/mol. The van der Waals surface area contributed by atoms with E-state index in [4.69, 9.17) is 0 Å². The van der Waals surface area contributed by atoms with Crippen molar-refractivity contribution in [2.24, 2.45) is 0 Å². The highest BCUT2D eigenvalue weighted by Crippen LogP contribution is 2.55. The molecule has 1 atom stereocenters. The van der Waals surface area contributed by atoms with Gasteiger partial charge in [-0.25, -0.2) is 9.47 Å². The molecule has 0 radical (unpaired) electrons. The summed E-state index contributed by atoms with van der Waals surface area (Å²) in [5.74, 6) is -15.8. The first-order valence-electron chi connectivity index (χ1n) is 8.35. The van der Waals surface area contributed by atoms with Crippen LogP contribution in [0.4, 0.5) is 65.9 Å². The highest BCUT2D eigenvalue weighted by Gasteiger charge is 2.85. The van der Waals surface area contributed by atoms with Crippen molar-refractivity contribution in [2.75, 3.05) is 26.1 Å². The molecular formula is C13H13F15O7S. The number of alkyl halides is 15. The Morgan fingerprint density at radius 3 is 1.58 bits per heavy atom. The van der Waals surface area contributed by atoms with Gasteiger partial charge >= 0.3 is 42.5 Å². The van der Waals surface area contributed by atoms with Gasteiger partial charge in [0.15, 0.2) is 0 Å². The van der Waals surface area contributed by atoms with Crippen LogP contribution in [0.25, 0.3) is 0 Å². The summed E-state index contributed by atoms with van der Waals surface area (Å²) >= 11 is 0. The van der Waals surface area contributed by atoms with Crippen LogP contribution < -0.4 is 0 Å². The number of hydrogen-bond acceptors (Lipinski definition) is 7. The summed E-state index contributed by atoms with van der Waals surface area (Å²) in [4.78, 5) is 0. The summed E-state index contributed by atoms with van der Waals surface area (Å²) in [5.41, 5.74) is 0.